The molecule has 0 saturated carbocycles. The summed E-state index contributed by atoms with van der Waals surface area (Å²) < 4.78 is 1.04. The Bertz CT molecular complexity index is 524. The molecule has 1 aromatic carbocycles. The Labute approximate surface area is 113 Å². The summed E-state index contributed by atoms with van der Waals surface area (Å²) in [4.78, 5) is 0. The van der Waals surface area contributed by atoms with E-state index in [9.17, 15) is 0 Å². The molecule has 1 unspecified atom stereocenters. The number of hydrogen-bond donors (Lipinski definition) is 1. The van der Waals surface area contributed by atoms with Crippen LogP contribution in [0.5, 0.6) is 0 Å². The highest BCUT2D eigenvalue weighted by Crippen LogP contribution is 2.32. The zero-order chi connectivity index (χ0) is 12.4. The van der Waals surface area contributed by atoms with Crippen LogP contribution in [-0.4, -0.2) is 10.2 Å². The van der Waals surface area contributed by atoms with Crippen LogP contribution in [-0.2, 0) is 0 Å². The lowest BCUT2D eigenvalue weighted by Crippen LogP contribution is -2.07. The van der Waals surface area contributed by atoms with Gasteiger partial charge in [0, 0.05) is 10.0 Å². The fourth-order valence-corrected chi connectivity index (χ4v) is 2.99. The molecule has 2 rings (SSSR count). The summed E-state index contributed by atoms with van der Waals surface area (Å²) in [6.45, 7) is 4.12. The van der Waals surface area contributed by atoms with Gasteiger partial charge in [0.1, 0.15) is 10.0 Å². The number of halogens is 1. The van der Waals surface area contributed by atoms with Gasteiger partial charge in [-0.1, -0.05) is 45.8 Å². The third-order valence-corrected chi connectivity index (χ3v) is 4.33. The maximum absolute atomic E-state index is 5.95. The number of aryl methyl sites for hydroxylation is 1. The van der Waals surface area contributed by atoms with E-state index in [1.54, 1.807) is 11.3 Å². The van der Waals surface area contributed by atoms with Gasteiger partial charge in [0.15, 0.2) is 0 Å². The van der Waals surface area contributed by atoms with Crippen molar-refractivity contribution in [1.29, 1.82) is 0 Å². The molecule has 1 aromatic heterocycles. The number of aromatic nitrogens is 2. The summed E-state index contributed by atoms with van der Waals surface area (Å²) in [5.41, 5.74) is 8.24. The van der Waals surface area contributed by atoms with Crippen LogP contribution in [0.2, 0.25) is 0 Å². The highest BCUT2D eigenvalue weighted by Gasteiger charge is 2.13. The van der Waals surface area contributed by atoms with Crippen molar-refractivity contribution in [2.45, 2.75) is 26.3 Å². The minimum atomic E-state index is -0.00941. The lowest BCUT2D eigenvalue weighted by atomic mass is 10.1. The van der Waals surface area contributed by atoms with Crippen LogP contribution in [0.15, 0.2) is 22.7 Å². The summed E-state index contributed by atoms with van der Waals surface area (Å²) in [6, 6.07) is 6.19. The van der Waals surface area contributed by atoms with Gasteiger partial charge >= 0.3 is 0 Å². The van der Waals surface area contributed by atoms with Gasteiger partial charge in [-0.15, -0.1) is 10.2 Å². The van der Waals surface area contributed by atoms with Gasteiger partial charge in [0.25, 0.3) is 0 Å². The molecule has 1 atom stereocenters. The summed E-state index contributed by atoms with van der Waals surface area (Å²) in [7, 11) is 0. The molecule has 0 spiro atoms. The van der Waals surface area contributed by atoms with Gasteiger partial charge in [0.05, 0.1) is 6.04 Å². The molecule has 0 aliphatic heterocycles. The molecular formula is C12H14BrN3S. The average Bonchev–Trinajstić information content (AvgIpc) is 2.80. The molecule has 0 saturated heterocycles. The van der Waals surface area contributed by atoms with Crippen molar-refractivity contribution in [1.82, 2.24) is 10.2 Å². The Kier molecular flexibility index (Phi) is 3.91. The molecule has 1 heterocycles. The van der Waals surface area contributed by atoms with E-state index in [0.29, 0.717) is 0 Å². The van der Waals surface area contributed by atoms with E-state index >= 15 is 0 Å². The van der Waals surface area contributed by atoms with Crippen LogP contribution in [0.4, 0.5) is 0 Å². The zero-order valence-corrected chi connectivity index (χ0v) is 12.2. The number of nitrogens with two attached hydrogens (primary N) is 1. The van der Waals surface area contributed by atoms with Gasteiger partial charge in [-0.25, -0.2) is 0 Å². The molecule has 3 nitrogen and oxygen atoms in total. The fourth-order valence-electron chi connectivity index (χ4n) is 1.47. The Morgan fingerprint density at radius 1 is 1.41 bits per heavy atom. The van der Waals surface area contributed by atoms with Crippen molar-refractivity contribution in [3.05, 3.63) is 33.2 Å². The second-order valence-electron chi connectivity index (χ2n) is 3.94. The molecule has 17 heavy (non-hydrogen) atoms. The lowest BCUT2D eigenvalue weighted by Gasteiger charge is -2.02. The number of hydrogen-bond acceptors (Lipinski definition) is 4. The minimum absolute atomic E-state index is 0.00941. The summed E-state index contributed by atoms with van der Waals surface area (Å²) in [5, 5.41) is 10.2. The van der Waals surface area contributed by atoms with Crippen molar-refractivity contribution in [2.75, 3.05) is 0 Å². The first-order valence-corrected chi connectivity index (χ1v) is 7.08. The smallest absolute Gasteiger partial charge is 0.149 e. The van der Waals surface area contributed by atoms with E-state index < -0.39 is 0 Å². The Morgan fingerprint density at radius 3 is 2.88 bits per heavy atom. The summed E-state index contributed by atoms with van der Waals surface area (Å²) >= 11 is 5.10. The predicted molar refractivity (Wildman–Crippen MR) is 75.0 cm³/mol. The van der Waals surface area contributed by atoms with Crippen LogP contribution in [0.25, 0.3) is 10.6 Å². The van der Waals surface area contributed by atoms with Crippen LogP contribution < -0.4 is 5.73 Å². The SMILES string of the molecule is CCC(N)c1nnc(-c2cc(C)ccc2Br)s1. The van der Waals surface area contributed by atoms with Crippen molar-refractivity contribution < 1.29 is 0 Å². The Morgan fingerprint density at radius 2 is 2.18 bits per heavy atom. The molecule has 0 aliphatic carbocycles. The average molecular weight is 312 g/mol. The lowest BCUT2D eigenvalue weighted by molar-refractivity contribution is 0.683. The van der Waals surface area contributed by atoms with Crippen molar-refractivity contribution >= 4 is 27.3 Å². The second kappa shape index (κ2) is 5.25. The van der Waals surface area contributed by atoms with E-state index in [1.807, 2.05) is 13.0 Å². The summed E-state index contributed by atoms with van der Waals surface area (Å²) in [5.74, 6) is 0. The number of benzene rings is 1. The Hall–Kier alpha value is -0.780. The first-order chi connectivity index (χ1) is 8.11. The second-order valence-corrected chi connectivity index (χ2v) is 5.81. The number of rotatable bonds is 3. The highest BCUT2D eigenvalue weighted by atomic mass is 79.9. The highest BCUT2D eigenvalue weighted by molar-refractivity contribution is 9.10. The molecule has 0 fully saturated rings. The van der Waals surface area contributed by atoms with Gasteiger partial charge in [-0.3, -0.25) is 0 Å². The Balaban J connectivity index is 2.40. The largest absolute Gasteiger partial charge is 0.322 e. The molecule has 0 amide bonds. The topological polar surface area (TPSA) is 51.8 Å². The maximum atomic E-state index is 5.95. The number of nitrogens with zero attached hydrogens (tertiary/aromatic N) is 2. The predicted octanol–water partition coefficient (Wildman–Crippen LogP) is 3.69. The van der Waals surface area contributed by atoms with E-state index in [1.165, 1.54) is 5.56 Å². The summed E-state index contributed by atoms with van der Waals surface area (Å²) in [6.07, 6.45) is 0.879. The third kappa shape index (κ3) is 2.73. The molecule has 0 aliphatic rings. The van der Waals surface area contributed by atoms with E-state index in [2.05, 4.69) is 45.2 Å². The molecule has 0 radical (unpaired) electrons. The normalized spacial score (nSPS) is 12.7. The van der Waals surface area contributed by atoms with E-state index in [-0.39, 0.29) is 6.04 Å². The van der Waals surface area contributed by atoms with Gasteiger partial charge < -0.3 is 5.73 Å². The van der Waals surface area contributed by atoms with Crippen molar-refractivity contribution in [3.8, 4) is 10.6 Å². The quantitative estimate of drug-likeness (QED) is 0.940. The molecular weight excluding hydrogens is 298 g/mol. The van der Waals surface area contributed by atoms with E-state index in [0.717, 1.165) is 26.5 Å². The van der Waals surface area contributed by atoms with Crippen LogP contribution in [0, 0.1) is 6.92 Å². The fraction of sp³-hybridized carbons (Fsp3) is 0.333. The van der Waals surface area contributed by atoms with E-state index in [4.69, 9.17) is 5.73 Å². The van der Waals surface area contributed by atoms with Crippen LogP contribution >= 0.6 is 27.3 Å². The van der Waals surface area contributed by atoms with Crippen molar-refractivity contribution in [3.63, 3.8) is 0 Å². The standard InChI is InChI=1S/C12H14BrN3S/c1-3-10(14)12-16-15-11(17-12)8-6-7(2)4-5-9(8)13/h4-6,10H,3,14H2,1-2H3. The van der Waals surface area contributed by atoms with Gasteiger partial charge in [-0.05, 0) is 25.5 Å². The van der Waals surface area contributed by atoms with Gasteiger partial charge in [-0.2, -0.15) is 0 Å². The van der Waals surface area contributed by atoms with Crippen LogP contribution in [0.3, 0.4) is 0 Å². The van der Waals surface area contributed by atoms with Crippen molar-refractivity contribution in [2.24, 2.45) is 5.73 Å². The third-order valence-electron chi connectivity index (χ3n) is 2.55. The zero-order valence-electron chi connectivity index (χ0n) is 9.77. The first kappa shape index (κ1) is 12.7. The minimum Gasteiger partial charge on any atom is -0.322 e. The maximum Gasteiger partial charge on any atom is 0.149 e. The first-order valence-electron chi connectivity index (χ1n) is 5.47. The molecule has 2 aromatic rings. The van der Waals surface area contributed by atoms with Gasteiger partial charge in [0.2, 0.25) is 0 Å². The molecule has 5 heteroatoms. The molecule has 90 valence electrons. The molecule has 0 bridgehead atoms. The van der Waals surface area contributed by atoms with Crippen LogP contribution in [0.1, 0.15) is 30.0 Å². The monoisotopic (exact) mass is 311 g/mol. The molecule has 2 N–H and O–H groups in total.